The molecule has 5 rings (SSSR count). The maximum Gasteiger partial charge on any atom is 0.291 e. The van der Waals surface area contributed by atoms with Crippen LogP contribution in [-0.4, -0.2) is 54.5 Å². The van der Waals surface area contributed by atoms with E-state index in [0.29, 0.717) is 60.8 Å². The van der Waals surface area contributed by atoms with Gasteiger partial charge < -0.3 is 24.3 Å². The van der Waals surface area contributed by atoms with E-state index in [4.69, 9.17) is 9.15 Å². The van der Waals surface area contributed by atoms with Gasteiger partial charge in [-0.15, -0.1) is 0 Å². The molecule has 0 spiro atoms. The van der Waals surface area contributed by atoms with Gasteiger partial charge in [0.15, 0.2) is 0 Å². The Labute approximate surface area is 203 Å². The first kappa shape index (κ1) is 22.5. The first-order chi connectivity index (χ1) is 17.2. The first-order valence-corrected chi connectivity index (χ1v) is 11.7. The fraction of sp³-hybridized carbons (Fsp3) is 0.222. The molecule has 0 atom stereocenters. The molecule has 2 aromatic carbocycles. The quantitative estimate of drug-likeness (QED) is 0.448. The van der Waals surface area contributed by atoms with Gasteiger partial charge in [-0.2, -0.15) is 0 Å². The molecule has 1 fully saturated rings. The number of fused-ring (bicyclic) bond motifs is 1. The Hall–Kier alpha value is -4.33. The summed E-state index contributed by atoms with van der Waals surface area (Å²) in [5, 5.41) is 3.59. The topological polar surface area (TPSA) is 87.9 Å². The highest BCUT2D eigenvalue weighted by Crippen LogP contribution is 2.33. The van der Waals surface area contributed by atoms with Gasteiger partial charge in [0.2, 0.25) is 5.76 Å². The zero-order valence-corrected chi connectivity index (χ0v) is 19.4. The number of nitrogens with zero attached hydrogens (tertiary/aromatic N) is 3. The number of nitrogens with one attached hydrogen (secondary N) is 1. The molecule has 2 aromatic heterocycles. The maximum atomic E-state index is 13.5. The van der Waals surface area contributed by atoms with Crippen LogP contribution >= 0.6 is 0 Å². The van der Waals surface area contributed by atoms with Crippen LogP contribution in [0.25, 0.3) is 11.0 Å². The zero-order chi connectivity index (χ0) is 24.2. The van der Waals surface area contributed by atoms with E-state index in [9.17, 15) is 9.59 Å². The van der Waals surface area contributed by atoms with Gasteiger partial charge >= 0.3 is 0 Å². The standard InChI is InChI=1S/C27H26N4O4/c1-2-34-21-11-5-4-10-20(21)26(32)29-24-19-9-3-6-12-22(19)35-25(24)27(33)31-17-15-30(16-18-31)23-13-7-8-14-28-23/h3-14H,2,15-18H2,1H3,(H,29,32). The zero-order valence-electron chi connectivity index (χ0n) is 19.4. The molecule has 4 aromatic rings. The van der Waals surface area contributed by atoms with Gasteiger partial charge in [0, 0.05) is 37.8 Å². The lowest BCUT2D eigenvalue weighted by atomic mass is 10.1. The number of aromatic nitrogens is 1. The minimum Gasteiger partial charge on any atom is -0.493 e. The molecule has 1 aliphatic heterocycles. The number of carbonyl (C=O) groups excluding carboxylic acids is 2. The van der Waals surface area contributed by atoms with E-state index in [1.165, 1.54) is 0 Å². The summed E-state index contributed by atoms with van der Waals surface area (Å²) in [4.78, 5) is 35.1. The smallest absolute Gasteiger partial charge is 0.291 e. The molecule has 35 heavy (non-hydrogen) atoms. The third-order valence-corrected chi connectivity index (χ3v) is 6.00. The number of piperazine rings is 1. The SMILES string of the molecule is CCOc1ccccc1C(=O)Nc1c(C(=O)N2CCN(c3ccccn3)CC2)oc2ccccc12. The van der Waals surface area contributed by atoms with Crippen LogP contribution < -0.4 is 15.0 Å². The Morgan fingerprint density at radius 3 is 2.49 bits per heavy atom. The van der Waals surface area contributed by atoms with E-state index in [2.05, 4.69) is 15.2 Å². The third kappa shape index (κ3) is 4.55. The molecule has 1 N–H and O–H groups in total. The van der Waals surface area contributed by atoms with Crippen molar-refractivity contribution in [1.82, 2.24) is 9.88 Å². The minimum atomic E-state index is -0.366. The van der Waals surface area contributed by atoms with Crippen molar-refractivity contribution in [1.29, 1.82) is 0 Å². The predicted octanol–water partition coefficient (Wildman–Crippen LogP) is 4.44. The molecule has 0 radical (unpaired) electrons. The Bertz CT molecular complexity index is 1340. The monoisotopic (exact) mass is 470 g/mol. The summed E-state index contributed by atoms with van der Waals surface area (Å²) in [5.74, 6) is 0.882. The molecule has 1 aliphatic rings. The van der Waals surface area contributed by atoms with Gasteiger partial charge in [-0.05, 0) is 43.3 Å². The number of pyridine rings is 1. The number of para-hydroxylation sites is 2. The lowest BCUT2D eigenvalue weighted by Crippen LogP contribution is -2.49. The van der Waals surface area contributed by atoms with Crippen molar-refractivity contribution in [3.63, 3.8) is 0 Å². The fourth-order valence-corrected chi connectivity index (χ4v) is 4.26. The summed E-state index contributed by atoms with van der Waals surface area (Å²) in [6, 6.07) is 20.1. The second kappa shape index (κ2) is 9.89. The molecule has 8 nitrogen and oxygen atoms in total. The lowest BCUT2D eigenvalue weighted by Gasteiger charge is -2.35. The van der Waals surface area contributed by atoms with Crippen molar-refractivity contribution < 1.29 is 18.7 Å². The van der Waals surface area contributed by atoms with Crippen LogP contribution in [0, 0.1) is 0 Å². The highest BCUT2D eigenvalue weighted by molar-refractivity contribution is 6.15. The summed E-state index contributed by atoms with van der Waals surface area (Å²) in [5.41, 5.74) is 1.30. The van der Waals surface area contributed by atoms with Gasteiger partial charge in [0.1, 0.15) is 22.8 Å². The molecule has 178 valence electrons. The number of amides is 2. The number of furan rings is 1. The highest BCUT2D eigenvalue weighted by atomic mass is 16.5. The largest absolute Gasteiger partial charge is 0.493 e. The Balaban J connectivity index is 1.40. The van der Waals surface area contributed by atoms with Gasteiger partial charge in [0.25, 0.3) is 11.8 Å². The summed E-state index contributed by atoms with van der Waals surface area (Å²) >= 11 is 0. The van der Waals surface area contributed by atoms with Crippen LogP contribution in [0.2, 0.25) is 0 Å². The number of rotatable bonds is 6. The number of carbonyl (C=O) groups is 2. The van der Waals surface area contributed by atoms with E-state index in [1.807, 2.05) is 49.4 Å². The maximum absolute atomic E-state index is 13.5. The Kier molecular flexibility index (Phi) is 6.34. The molecule has 3 heterocycles. The van der Waals surface area contributed by atoms with Crippen molar-refractivity contribution in [3.8, 4) is 5.75 Å². The van der Waals surface area contributed by atoms with Crippen LogP contribution in [0.1, 0.15) is 27.8 Å². The van der Waals surface area contributed by atoms with E-state index >= 15 is 0 Å². The second-order valence-electron chi connectivity index (χ2n) is 8.15. The molecule has 2 amide bonds. The minimum absolute atomic E-state index is 0.125. The second-order valence-corrected chi connectivity index (χ2v) is 8.15. The molecule has 0 aliphatic carbocycles. The van der Waals surface area contributed by atoms with Crippen molar-refractivity contribution in [2.24, 2.45) is 0 Å². The lowest BCUT2D eigenvalue weighted by molar-refractivity contribution is 0.0718. The summed E-state index contributed by atoms with van der Waals surface area (Å²) in [7, 11) is 0. The highest BCUT2D eigenvalue weighted by Gasteiger charge is 2.29. The van der Waals surface area contributed by atoms with Crippen LogP contribution in [0.3, 0.4) is 0 Å². The summed E-state index contributed by atoms with van der Waals surface area (Å²) in [6.45, 7) is 4.66. The normalized spacial score (nSPS) is 13.6. The number of hydrogen-bond donors (Lipinski definition) is 1. The van der Waals surface area contributed by atoms with Gasteiger partial charge in [0.05, 0.1) is 12.2 Å². The summed E-state index contributed by atoms with van der Waals surface area (Å²) in [6.07, 6.45) is 1.76. The van der Waals surface area contributed by atoms with Gasteiger partial charge in [-0.1, -0.05) is 30.3 Å². The van der Waals surface area contributed by atoms with Crippen LogP contribution in [0.5, 0.6) is 5.75 Å². The fourth-order valence-electron chi connectivity index (χ4n) is 4.26. The summed E-state index contributed by atoms with van der Waals surface area (Å²) < 4.78 is 11.6. The van der Waals surface area contributed by atoms with E-state index < -0.39 is 0 Å². The predicted molar refractivity (Wildman–Crippen MR) is 134 cm³/mol. The van der Waals surface area contributed by atoms with E-state index in [-0.39, 0.29) is 17.6 Å². The first-order valence-electron chi connectivity index (χ1n) is 11.7. The molecule has 0 bridgehead atoms. The number of hydrogen-bond acceptors (Lipinski definition) is 6. The van der Waals surface area contributed by atoms with Gasteiger partial charge in [-0.25, -0.2) is 4.98 Å². The Morgan fingerprint density at radius 2 is 1.71 bits per heavy atom. The molecule has 1 saturated heterocycles. The molecule has 0 unspecified atom stereocenters. The number of ether oxygens (including phenoxy) is 1. The van der Waals surface area contributed by atoms with Crippen molar-refractivity contribution in [2.75, 3.05) is 43.0 Å². The Morgan fingerprint density at radius 1 is 0.971 bits per heavy atom. The van der Waals surface area contributed by atoms with Crippen LogP contribution in [0.15, 0.2) is 77.3 Å². The van der Waals surface area contributed by atoms with E-state index in [0.717, 1.165) is 5.82 Å². The third-order valence-electron chi connectivity index (χ3n) is 6.00. The number of anilines is 2. The molecular formula is C27H26N4O4. The van der Waals surface area contributed by atoms with Crippen molar-refractivity contribution in [3.05, 3.63) is 84.3 Å². The average Bonchev–Trinajstić information content (AvgIpc) is 3.27. The number of benzene rings is 2. The average molecular weight is 471 g/mol. The molecule has 8 heteroatoms. The molecule has 0 saturated carbocycles. The van der Waals surface area contributed by atoms with E-state index in [1.54, 1.807) is 35.4 Å². The van der Waals surface area contributed by atoms with Crippen molar-refractivity contribution in [2.45, 2.75) is 6.92 Å². The molecular weight excluding hydrogens is 444 g/mol. The van der Waals surface area contributed by atoms with Crippen LogP contribution in [0.4, 0.5) is 11.5 Å². The van der Waals surface area contributed by atoms with Crippen LogP contribution in [-0.2, 0) is 0 Å². The van der Waals surface area contributed by atoms with Crippen molar-refractivity contribution >= 4 is 34.3 Å². The van der Waals surface area contributed by atoms with Gasteiger partial charge in [-0.3, -0.25) is 9.59 Å².